The van der Waals surface area contributed by atoms with Crippen molar-refractivity contribution in [3.63, 3.8) is 0 Å². The minimum atomic E-state index is -3.69. The first-order chi connectivity index (χ1) is 13.2. The summed E-state index contributed by atoms with van der Waals surface area (Å²) in [5.74, 6) is -1.06. The second kappa shape index (κ2) is 9.12. The lowest BCUT2D eigenvalue weighted by Gasteiger charge is -2.19. The summed E-state index contributed by atoms with van der Waals surface area (Å²) in [5.41, 5.74) is 1.55. The zero-order valence-corrected chi connectivity index (χ0v) is 17.3. The van der Waals surface area contributed by atoms with Crippen LogP contribution in [0.1, 0.15) is 47.1 Å². The van der Waals surface area contributed by atoms with E-state index in [0.29, 0.717) is 18.7 Å². The maximum Gasteiger partial charge on any atom is 0.338 e. The lowest BCUT2D eigenvalue weighted by molar-refractivity contribution is 0.0318. The predicted molar refractivity (Wildman–Crippen MR) is 107 cm³/mol. The highest BCUT2D eigenvalue weighted by Gasteiger charge is 2.24. The summed E-state index contributed by atoms with van der Waals surface area (Å²) in [6, 6.07) is 12.6. The quantitative estimate of drug-likeness (QED) is 0.498. The molecule has 2 rings (SSSR count). The van der Waals surface area contributed by atoms with Crippen LogP contribution in [-0.2, 0) is 14.8 Å². The van der Waals surface area contributed by atoms with Gasteiger partial charge in [0.05, 0.1) is 10.5 Å². The summed E-state index contributed by atoms with van der Waals surface area (Å²) in [7, 11) is -3.69. The molecule has 1 atom stereocenters. The zero-order chi connectivity index (χ0) is 20.9. The summed E-state index contributed by atoms with van der Waals surface area (Å²) in [6.45, 7) is 7.56. The topological polar surface area (TPSA) is 80.8 Å². The third-order valence-corrected chi connectivity index (χ3v) is 6.45. The first-order valence-electron chi connectivity index (χ1n) is 9.12. The lowest BCUT2D eigenvalue weighted by Crippen LogP contribution is -2.30. The normalized spacial score (nSPS) is 12.6. The minimum absolute atomic E-state index is 0.0168. The molecule has 28 heavy (non-hydrogen) atoms. The van der Waals surface area contributed by atoms with Gasteiger partial charge in [-0.1, -0.05) is 49.7 Å². The van der Waals surface area contributed by atoms with E-state index in [2.05, 4.69) is 0 Å². The average molecular weight is 404 g/mol. The van der Waals surface area contributed by atoms with Gasteiger partial charge >= 0.3 is 5.97 Å². The highest BCUT2D eigenvalue weighted by Crippen LogP contribution is 2.18. The van der Waals surface area contributed by atoms with Crippen LogP contribution < -0.4 is 0 Å². The van der Waals surface area contributed by atoms with Gasteiger partial charge in [-0.3, -0.25) is 4.79 Å². The molecule has 0 saturated heterocycles. The third-order valence-electron chi connectivity index (χ3n) is 4.40. The van der Waals surface area contributed by atoms with Gasteiger partial charge in [-0.2, -0.15) is 4.31 Å². The van der Waals surface area contributed by atoms with E-state index in [1.807, 2.05) is 19.1 Å². The van der Waals surface area contributed by atoms with Gasteiger partial charge in [0, 0.05) is 18.7 Å². The maximum absolute atomic E-state index is 12.6. The van der Waals surface area contributed by atoms with Crippen LogP contribution in [0.2, 0.25) is 0 Å². The first-order valence-corrected chi connectivity index (χ1v) is 10.6. The highest BCUT2D eigenvalue weighted by atomic mass is 32.2. The molecule has 2 aromatic rings. The van der Waals surface area contributed by atoms with Crippen LogP contribution in [0.4, 0.5) is 0 Å². The number of rotatable bonds is 8. The number of hydrogen-bond acceptors (Lipinski definition) is 5. The van der Waals surface area contributed by atoms with Gasteiger partial charge in [0.1, 0.15) is 0 Å². The van der Waals surface area contributed by atoms with Crippen molar-refractivity contribution in [2.24, 2.45) is 0 Å². The van der Waals surface area contributed by atoms with Gasteiger partial charge in [-0.05, 0) is 32.0 Å². The number of nitrogens with zero attached hydrogens (tertiary/aromatic N) is 1. The van der Waals surface area contributed by atoms with Crippen LogP contribution in [0.15, 0.2) is 53.4 Å². The van der Waals surface area contributed by atoms with Crippen LogP contribution in [0.5, 0.6) is 0 Å². The molecule has 150 valence electrons. The molecule has 0 aliphatic heterocycles. The van der Waals surface area contributed by atoms with Gasteiger partial charge in [0.2, 0.25) is 15.8 Å². The summed E-state index contributed by atoms with van der Waals surface area (Å²) >= 11 is 0. The minimum Gasteiger partial charge on any atom is -0.451 e. The molecule has 0 spiro atoms. The number of carbonyl (C=O) groups excluding carboxylic acids is 2. The fourth-order valence-electron chi connectivity index (χ4n) is 2.73. The van der Waals surface area contributed by atoms with E-state index in [1.165, 1.54) is 35.5 Å². The average Bonchev–Trinajstić information content (AvgIpc) is 2.68. The van der Waals surface area contributed by atoms with Crippen LogP contribution in [0, 0.1) is 6.92 Å². The smallest absolute Gasteiger partial charge is 0.338 e. The van der Waals surface area contributed by atoms with E-state index >= 15 is 0 Å². The Labute approximate surface area is 166 Å². The van der Waals surface area contributed by atoms with Crippen LogP contribution in [0.25, 0.3) is 0 Å². The molecule has 0 N–H and O–H groups in total. The van der Waals surface area contributed by atoms with E-state index in [-0.39, 0.29) is 16.2 Å². The third kappa shape index (κ3) is 4.85. The van der Waals surface area contributed by atoms with E-state index < -0.39 is 22.1 Å². The van der Waals surface area contributed by atoms with Crippen molar-refractivity contribution < 1.29 is 22.7 Å². The Morgan fingerprint density at radius 1 is 1.00 bits per heavy atom. The standard InChI is InChI=1S/C21H25NO5S/c1-5-22(6-2)28(25,26)19-9-7-8-18(14-19)21(24)27-16(4)20(23)17-12-10-15(3)11-13-17/h7-14,16H,5-6H2,1-4H3. The van der Waals surface area contributed by atoms with Crippen molar-refractivity contribution >= 4 is 21.8 Å². The van der Waals surface area contributed by atoms with Gasteiger partial charge in [-0.15, -0.1) is 0 Å². The molecule has 0 aliphatic rings. The molecule has 0 aliphatic carbocycles. The number of esters is 1. The van der Waals surface area contributed by atoms with Crippen molar-refractivity contribution in [3.05, 3.63) is 65.2 Å². The molecule has 2 aromatic carbocycles. The Kier molecular flexibility index (Phi) is 7.10. The molecule has 6 nitrogen and oxygen atoms in total. The van der Waals surface area contributed by atoms with Crippen molar-refractivity contribution in [1.29, 1.82) is 0 Å². The molecule has 0 bridgehead atoms. The summed E-state index contributed by atoms with van der Waals surface area (Å²) in [4.78, 5) is 24.9. The number of ketones is 1. The Bertz CT molecular complexity index is 947. The van der Waals surface area contributed by atoms with Crippen molar-refractivity contribution in [2.75, 3.05) is 13.1 Å². The van der Waals surface area contributed by atoms with Crippen molar-refractivity contribution in [2.45, 2.75) is 38.7 Å². The monoisotopic (exact) mass is 403 g/mol. The molecule has 0 radical (unpaired) electrons. The Balaban J connectivity index is 2.18. The zero-order valence-electron chi connectivity index (χ0n) is 16.5. The lowest BCUT2D eigenvalue weighted by atomic mass is 10.1. The van der Waals surface area contributed by atoms with Gasteiger partial charge in [-0.25, -0.2) is 13.2 Å². The second-order valence-corrected chi connectivity index (χ2v) is 8.33. The van der Waals surface area contributed by atoms with Crippen LogP contribution >= 0.6 is 0 Å². The molecule has 1 unspecified atom stereocenters. The summed E-state index contributed by atoms with van der Waals surface area (Å²) in [6.07, 6.45) is -0.988. The first kappa shape index (κ1) is 21.8. The van der Waals surface area contributed by atoms with E-state index in [1.54, 1.807) is 26.0 Å². The van der Waals surface area contributed by atoms with E-state index in [4.69, 9.17) is 4.74 Å². The van der Waals surface area contributed by atoms with Gasteiger partial charge < -0.3 is 4.74 Å². The molecule has 0 fully saturated rings. The molecule has 0 saturated carbocycles. The van der Waals surface area contributed by atoms with Crippen LogP contribution in [-0.4, -0.2) is 43.7 Å². The Morgan fingerprint density at radius 3 is 2.18 bits per heavy atom. The number of aryl methyl sites for hydroxylation is 1. The van der Waals surface area contributed by atoms with Gasteiger partial charge in [0.15, 0.2) is 6.10 Å². The summed E-state index contributed by atoms with van der Waals surface area (Å²) in [5, 5.41) is 0. The van der Waals surface area contributed by atoms with Crippen molar-refractivity contribution in [3.8, 4) is 0 Å². The predicted octanol–water partition coefficient (Wildman–Crippen LogP) is 3.45. The molecule has 0 aromatic heterocycles. The second-order valence-electron chi connectivity index (χ2n) is 6.39. The van der Waals surface area contributed by atoms with E-state index in [0.717, 1.165) is 5.56 Å². The number of hydrogen-bond donors (Lipinski definition) is 0. The van der Waals surface area contributed by atoms with Crippen LogP contribution in [0.3, 0.4) is 0 Å². The number of sulfonamides is 1. The highest BCUT2D eigenvalue weighted by molar-refractivity contribution is 7.89. The molecule has 0 amide bonds. The largest absolute Gasteiger partial charge is 0.451 e. The molecular weight excluding hydrogens is 378 g/mol. The van der Waals surface area contributed by atoms with Gasteiger partial charge in [0.25, 0.3) is 0 Å². The van der Waals surface area contributed by atoms with E-state index in [9.17, 15) is 18.0 Å². The Morgan fingerprint density at radius 2 is 1.61 bits per heavy atom. The SMILES string of the molecule is CCN(CC)S(=O)(=O)c1cccc(C(=O)OC(C)C(=O)c2ccc(C)cc2)c1. The number of carbonyl (C=O) groups is 2. The molecule has 7 heteroatoms. The fourth-order valence-corrected chi connectivity index (χ4v) is 4.24. The maximum atomic E-state index is 12.6. The number of benzene rings is 2. The summed E-state index contributed by atoms with van der Waals surface area (Å²) < 4.78 is 31.8. The molecule has 0 heterocycles. The molecular formula is C21H25NO5S. The fraction of sp³-hybridized carbons (Fsp3) is 0.333. The number of Topliss-reactive ketones (excluding diaryl/α,β-unsaturated/α-hetero) is 1. The van der Waals surface area contributed by atoms with Crippen molar-refractivity contribution in [1.82, 2.24) is 4.31 Å². The number of ether oxygens (including phenoxy) is 1. The Hall–Kier alpha value is -2.51.